The van der Waals surface area contributed by atoms with Crippen molar-refractivity contribution < 1.29 is 9.18 Å². The largest absolute Gasteiger partial charge is 0.369 e. The molecule has 5 rings (SSSR count). The van der Waals surface area contributed by atoms with Gasteiger partial charge in [0.25, 0.3) is 0 Å². The Kier molecular flexibility index (Phi) is 5.26. The summed E-state index contributed by atoms with van der Waals surface area (Å²) in [7, 11) is 0. The van der Waals surface area contributed by atoms with Crippen LogP contribution in [-0.2, 0) is 0 Å². The molecule has 0 unspecified atom stereocenters. The Balaban J connectivity index is 1.37. The van der Waals surface area contributed by atoms with E-state index in [1.807, 2.05) is 30.3 Å². The highest BCUT2D eigenvalue weighted by Crippen LogP contribution is 2.31. The summed E-state index contributed by atoms with van der Waals surface area (Å²) in [5.74, 6) is -0.200. The van der Waals surface area contributed by atoms with Gasteiger partial charge < -0.3 is 9.88 Å². The number of hydrogen-bond acceptors (Lipinski definition) is 3. The summed E-state index contributed by atoms with van der Waals surface area (Å²) in [5, 5.41) is 0.912. The van der Waals surface area contributed by atoms with Crippen molar-refractivity contribution >= 4 is 22.4 Å². The molecule has 31 heavy (non-hydrogen) atoms. The number of aromatic amines is 1. The van der Waals surface area contributed by atoms with Crippen LogP contribution in [0.5, 0.6) is 0 Å². The van der Waals surface area contributed by atoms with E-state index in [4.69, 9.17) is 0 Å². The van der Waals surface area contributed by atoms with Crippen LogP contribution in [0.4, 0.5) is 10.1 Å². The van der Waals surface area contributed by atoms with Gasteiger partial charge in [-0.05, 0) is 48.0 Å². The number of para-hydroxylation sites is 2. The van der Waals surface area contributed by atoms with Crippen molar-refractivity contribution in [1.82, 2.24) is 9.88 Å². The number of rotatable bonds is 5. The van der Waals surface area contributed by atoms with E-state index in [1.165, 1.54) is 17.8 Å². The molecule has 1 aromatic heterocycles. The number of hydrogen-bond donors (Lipinski definition) is 1. The van der Waals surface area contributed by atoms with Crippen LogP contribution in [0, 0.1) is 5.82 Å². The Morgan fingerprint density at radius 1 is 0.839 bits per heavy atom. The zero-order valence-corrected chi connectivity index (χ0v) is 17.2. The zero-order chi connectivity index (χ0) is 21.2. The van der Waals surface area contributed by atoms with E-state index in [0.29, 0.717) is 12.1 Å². The Bertz CT molecular complexity index is 1190. The number of halogens is 1. The Hall–Kier alpha value is -3.44. The smallest absolute Gasteiger partial charge is 0.179 e. The van der Waals surface area contributed by atoms with E-state index in [-0.39, 0.29) is 11.6 Å². The van der Waals surface area contributed by atoms with Crippen LogP contribution in [-0.4, -0.2) is 48.4 Å². The zero-order valence-electron chi connectivity index (χ0n) is 17.2. The molecular weight excluding hydrogens is 389 g/mol. The predicted molar refractivity (Wildman–Crippen MR) is 123 cm³/mol. The van der Waals surface area contributed by atoms with E-state index < -0.39 is 0 Å². The molecule has 1 saturated heterocycles. The maximum atomic E-state index is 13.5. The van der Waals surface area contributed by atoms with Crippen LogP contribution in [0.15, 0.2) is 78.9 Å². The summed E-state index contributed by atoms with van der Waals surface area (Å²) >= 11 is 0. The number of Topliss-reactive ketones (excluding diaryl/α,β-unsaturated/α-hetero) is 1. The number of H-pyrrole nitrogens is 1. The molecule has 2 heterocycles. The molecule has 0 bridgehead atoms. The number of benzene rings is 3. The second kappa shape index (κ2) is 8.36. The maximum Gasteiger partial charge on any atom is 0.179 e. The number of piperazine rings is 1. The molecule has 0 spiro atoms. The lowest BCUT2D eigenvalue weighted by Gasteiger charge is -2.35. The first kappa shape index (κ1) is 19.5. The van der Waals surface area contributed by atoms with Gasteiger partial charge in [-0.2, -0.15) is 0 Å². The van der Waals surface area contributed by atoms with Crippen LogP contribution in [0.1, 0.15) is 10.4 Å². The monoisotopic (exact) mass is 413 g/mol. The van der Waals surface area contributed by atoms with E-state index >= 15 is 0 Å². The van der Waals surface area contributed by atoms with Crippen LogP contribution in [0.2, 0.25) is 0 Å². The molecule has 5 heteroatoms. The number of nitrogens with zero attached hydrogens (tertiary/aromatic N) is 2. The lowest BCUT2D eigenvalue weighted by atomic mass is 10.0. The molecule has 0 aliphatic carbocycles. The molecule has 0 radical (unpaired) electrons. The van der Waals surface area contributed by atoms with Gasteiger partial charge in [0.15, 0.2) is 5.78 Å². The Morgan fingerprint density at radius 3 is 2.26 bits per heavy atom. The molecule has 156 valence electrons. The topological polar surface area (TPSA) is 39.3 Å². The van der Waals surface area contributed by atoms with Crippen LogP contribution < -0.4 is 4.90 Å². The molecule has 1 fully saturated rings. The first-order chi connectivity index (χ1) is 15.2. The first-order valence-electron chi connectivity index (χ1n) is 10.6. The van der Waals surface area contributed by atoms with Gasteiger partial charge in [0, 0.05) is 42.8 Å². The lowest BCUT2D eigenvalue weighted by molar-refractivity contribution is 0.0928. The molecule has 0 saturated carbocycles. The minimum Gasteiger partial charge on any atom is -0.369 e. The third-order valence-electron chi connectivity index (χ3n) is 5.98. The number of anilines is 1. The van der Waals surface area contributed by atoms with Crippen molar-refractivity contribution in [3.63, 3.8) is 0 Å². The first-order valence-corrected chi connectivity index (χ1v) is 10.6. The van der Waals surface area contributed by atoms with Gasteiger partial charge in [-0.15, -0.1) is 0 Å². The average molecular weight is 413 g/mol. The van der Waals surface area contributed by atoms with Gasteiger partial charge in [-0.25, -0.2) is 4.39 Å². The van der Waals surface area contributed by atoms with Gasteiger partial charge in [-0.1, -0.05) is 36.4 Å². The number of fused-ring (bicyclic) bond motifs is 1. The fourth-order valence-electron chi connectivity index (χ4n) is 4.35. The number of aromatic nitrogens is 1. The SMILES string of the molecule is O=C(CN1CCN(c2ccccc2)CC1)c1c(-c2ccc(F)cc2)[nH]c2ccccc12. The van der Waals surface area contributed by atoms with E-state index in [2.05, 4.69) is 39.0 Å². The molecule has 1 aliphatic heterocycles. The van der Waals surface area contributed by atoms with E-state index in [0.717, 1.165) is 48.3 Å². The summed E-state index contributed by atoms with van der Waals surface area (Å²) in [6.45, 7) is 3.86. The minimum atomic E-state index is -0.288. The van der Waals surface area contributed by atoms with Crippen molar-refractivity contribution in [2.75, 3.05) is 37.6 Å². The maximum absolute atomic E-state index is 13.5. The van der Waals surface area contributed by atoms with Crippen molar-refractivity contribution in [1.29, 1.82) is 0 Å². The third-order valence-corrected chi connectivity index (χ3v) is 5.98. The molecule has 4 aromatic rings. The molecule has 0 amide bonds. The molecule has 4 nitrogen and oxygen atoms in total. The molecule has 0 atom stereocenters. The quantitative estimate of drug-likeness (QED) is 0.469. The van der Waals surface area contributed by atoms with Gasteiger partial charge in [0.05, 0.1) is 17.8 Å². The summed E-state index contributed by atoms with van der Waals surface area (Å²) in [6, 6.07) is 24.5. The number of ketones is 1. The summed E-state index contributed by atoms with van der Waals surface area (Å²) in [4.78, 5) is 21.4. The summed E-state index contributed by atoms with van der Waals surface area (Å²) < 4.78 is 13.4. The van der Waals surface area contributed by atoms with Crippen LogP contribution >= 0.6 is 0 Å². The lowest BCUT2D eigenvalue weighted by Crippen LogP contribution is -2.48. The minimum absolute atomic E-state index is 0.0879. The normalized spacial score (nSPS) is 14.8. The molecular formula is C26H24FN3O. The van der Waals surface area contributed by atoms with Gasteiger partial charge in [-0.3, -0.25) is 9.69 Å². The second-order valence-electron chi connectivity index (χ2n) is 7.95. The highest BCUT2D eigenvalue weighted by molar-refractivity contribution is 6.14. The number of carbonyl (C=O) groups excluding carboxylic acids is 1. The molecule has 1 N–H and O–H groups in total. The van der Waals surface area contributed by atoms with Gasteiger partial charge >= 0.3 is 0 Å². The van der Waals surface area contributed by atoms with Crippen LogP contribution in [0.25, 0.3) is 22.2 Å². The van der Waals surface area contributed by atoms with Gasteiger partial charge in [0.1, 0.15) is 5.82 Å². The van der Waals surface area contributed by atoms with E-state index in [1.54, 1.807) is 12.1 Å². The third kappa shape index (κ3) is 3.97. The number of carbonyl (C=O) groups is 1. The van der Waals surface area contributed by atoms with Crippen molar-refractivity contribution in [3.8, 4) is 11.3 Å². The van der Waals surface area contributed by atoms with Crippen molar-refractivity contribution in [3.05, 3.63) is 90.2 Å². The standard InChI is InChI=1S/C26H24FN3O/c27-20-12-10-19(11-13-20)26-25(22-8-4-5-9-23(22)28-26)24(31)18-29-14-16-30(17-15-29)21-6-2-1-3-7-21/h1-13,28H,14-18H2. The van der Waals surface area contributed by atoms with Crippen molar-refractivity contribution in [2.45, 2.75) is 0 Å². The summed E-state index contributed by atoms with van der Waals surface area (Å²) in [5.41, 5.74) is 4.40. The number of nitrogens with one attached hydrogen (secondary N) is 1. The van der Waals surface area contributed by atoms with Crippen molar-refractivity contribution in [2.24, 2.45) is 0 Å². The van der Waals surface area contributed by atoms with E-state index in [9.17, 15) is 9.18 Å². The molecule has 3 aromatic carbocycles. The highest BCUT2D eigenvalue weighted by Gasteiger charge is 2.24. The predicted octanol–water partition coefficient (Wildman–Crippen LogP) is 4.98. The highest BCUT2D eigenvalue weighted by atomic mass is 19.1. The fourth-order valence-corrected chi connectivity index (χ4v) is 4.35. The fraction of sp³-hybridized carbons (Fsp3) is 0.192. The Morgan fingerprint density at radius 2 is 1.52 bits per heavy atom. The van der Waals surface area contributed by atoms with Gasteiger partial charge in [0.2, 0.25) is 0 Å². The summed E-state index contributed by atoms with van der Waals surface area (Å²) in [6.07, 6.45) is 0. The average Bonchev–Trinajstić information content (AvgIpc) is 3.20. The second-order valence-corrected chi connectivity index (χ2v) is 7.95. The Labute approximate surface area is 180 Å². The van der Waals surface area contributed by atoms with Crippen LogP contribution in [0.3, 0.4) is 0 Å². The molecule has 1 aliphatic rings.